The van der Waals surface area contributed by atoms with Crippen LogP contribution in [-0.2, 0) is 0 Å². The van der Waals surface area contributed by atoms with Gasteiger partial charge in [-0.3, -0.25) is 0 Å². The monoisotopic (exact) mass is 326 g/mol. The van der Waals surface area contributed by atoms with Gasteiger partial charge in [-0.25, -0.2) is 0 Å². The Bertz CT molecular complexity index is 700. The lowest BCUT2D eigenvalue weighted by Crippen LogP contribution is -1.99. The highest BCUT2D eigenvalue weighted by molar-refractivity contribution is 9.10. The van der Waals surface area contributed by atoms with Gasteiger partial charge in [0.15, 0.2) is 0 Å². The number of fused-ring (bicyclic) bond motifs is 1. The van der Waals surface area contributed by atoms with Gasteiger partial charge in [0.2, 0.25) is 0 Å². The van der Waals surface area contributed by atoms with Crippen LogP contribution in [0.2, 0.25) is 0 Å². The molecule has 0 saturated heterocycles. The molecular weight excluding hydrogens is 308 g/mol. The molecule has 1 heteroatoms. The third kappa shape index (κ3) is 2.05. The average Bonchev–Trinajstić information content (AvgIpc) is 2.67. The maximum atomic E-state index is 3.70. The molecule has 0 spiro atoms. The molecule has 0 aliphatic heterocycles. The molecule has 3 rings (SSSR count). The SMILES string of the molecule is Cc1cc(C)c(C2=Cc3cccc(Br)c3C2C)c(C)c1. The Hall–Kier alpha value is -1.34. The van der Waals surface area contributed by atoms with Gasteiger partial charge in [0.1, 0.15) is 0 Å². The van der Waals surface area contributed by atoms with Crippen LogP contribution in [0.3, 0.4) is 0 Å². The Morgan fingerprint density at radius 2 is 1.65 bits per heavy atom. The van der Waals surface area contributed by atoms with E-state index in [-0.39, 0.29) is 0 Å². The van der Waals surface area contributed by atoms with Gasteiger partial charge < -0.3 is 0 Å². The molecule has 0 radical (unpaired) electrons. The van der Waals surface area contributed by atoms with Crippen LogP contribution in [0.1, 0.15) is 46.2 Å². The predicted octanol–water partition coefficient (Wildman–Crippen LogP) is 6.03. The van der Waals surface area contributed by atoms with E-state index in [1.54, 1.807) is 0 Å². The maximum Gasteiger partial charge on any atom is 0.0219 e. The van der Waals surface area contributed by atoms with Crippen LogP contribution in [-0.4, -0.2) is 0 Å². The third-order valence-electron chi connectivity index (χ3n) is 4.26. The summed E-state index contributed by atoms with van der Waals surface area (Å²) in [4.78, 5) is 0. The number of allylic oxidation sites excluding steroid dienone is 1. The lowest BCUT2D eigenvalue weighted by atomic mass is 9.87. The second-order valence-electron chi connectivity index (χ2n) is 5.84. The van der Waals surface area contributed by atoms with Gasteiger partial charge in [-0.15, -0.1) is 0 Å². The Morgan fingerprint density at radius 3 is 2.25 bits per heavy atom. The first-order valence-corrected chi connectivity index (χ1v) is 7.86. The van der Waals surface area contributed by atoms with Crippen LogP contribution in [0.5, 0.6) is 0 Å². The van der Waals surface area contributed by atoms with Crippen molar-refractivity contribution < 1.29 is 0 Å². The van der Waals surface area contributed by atoms with Crippen molar-refractivity contribution in [2.45, 2.75) is 33.6 Å². The van der Waals surface area contributed by atoms with Crippen molar-refractivity contribution in [3.63, 3.8) is 0 Å². The Labute approximate surface area is 129 Å². The summed E-state index contributed by atoms with van der Waals surface area (Å²) < 4.78 is 1.22. The molecule has 1 unspecified atom stereocenters. The highest BCUT2D eigenvalue weighted by Crippen LogP contribution is 2.46. The van der Waals surface area contributed by atoms with E-state index in [4.69, 9.17) is 0 Å². The standard InChI is InChI=1S/C19H19Br/c1-11-8-12(2)18(13(3)9-11)16-10-15-6-5-7-17(20)19(15)14(16)4/h5-10,14H,1-4H3. The molecule has 0 nitrogen and oxygen atoms in total. The van der Waals surface area contributed by atoms with Crippen molar-refractivity contribution in [2.24, 2.45) is 0 Å². The van der Waals surface area contributed by atoms with Crippen LogP contribution < -0.4 is 0 Å². The van der Waals surface area contributed by atoms with E-state index in [1.807, 2.05) is 0 Å². The van der Waals surface area contributed by atoms with Gasteiger partial charge in [-0.2, -0.15) is 0 Å². The minimum Gasteiger partial charge on any atom is -0.0605 e. The Morgan fingerprint density at radius 1 is 1.00 bits per heavy atom. The van der Waals surface area contributed by atoms with Gasteiger partial charge in [0, 0.05) is 10.4 Å². The lowest BCUT2D eigenvalue weighted by molar-refractivity contribution is 0.994. The molecule has 0 heterocycles. The quantitative estimate of drug-likeness (QED) is 0.600. The molecule has 102 valence electrons. The zero-order valence-electron chi connectivity index (χ0n) is 12.4. The van der Waals surface area contributed by atoms with Gasteiger partial charge in [0.05, 0.1) is 0 Å². The first-order chi connectivity index (χ1) is 9.49. The van der Waals surface area contributed by atoms with Crippen molar-refractivity contribution in [1.82, 2.24) is 0 Å². The van der Waals surface area contributed by atoms with Crippen LogP contribution in [0.25, 0.3) is 11.6 Å². The summed E-state index contributed by atoms with van der Waals surface area (Å²) in [7, 11) is 0. The molecule has 1 aliphatic carbocycles. The molecule has 0 saturated carbocycles. The van der Waals surface area contributed by atoms with E-state index in [9.17, 15) is 0 Å². The number of hydrogen-bond donors (Lipinski definition) is 0. The molecule has 0 amide bonds. The van der Waals surface area contributed by atoms with E-state index in [2.05, 4.69) is 80.0 Å². The number of benzene rings is 2. The van der Waals surface area contributed by atoms with Crippen molar-refractivity contribution >= 4 is 27.6 Å². The van der Waals surface area contributed by atoms with E-state index < -0.39 is 0 Å². The first-order valence-electron chi connectivity index (χ1n) is 7.07. The molecule has 20 heavy (non-hydrogen) atoms. The molecule has 1 atom stereocenters. The Kier molecular flexibility index (Phi) is 3.33. The molecule has 0 N–H and O–H groups in total. The van der Waals surface area contributed by atoms with Crippen molar-refractivity contribution in [3.05, 3.63) is 68.2 Å². The smallest absolute Gasteiger partial charge is 0.0219 e. The van der Waals surface area contributed by atoms with Crippen LogP contribution in [0, 0.1) is 20.8 Å². The zero-order valence-corrected chi connectivity index (χ0v) is 14.0. The average molecular weight is 327 g/mol. The zero-order chi connectivity index (χ0) is 14.4. The van der Waals surface area contributed by atoms with Gasteiger partial charge in [0.25, 0.3) is 0 Å². The number of halogens is 1. The van der Waals surface area contributed by atoms with Crippen molar-refractivity contribution in [2.75, 3.05) is 0 Å². The van der Waals surface area contributed by atoms with E-state index in [0.717, 1.165) is 0 Å². The highest BCUT2D eigenvalue weighted by atomic mass is 79.9. The number of hydrogen-bond acceptors (Lipinski definition) is 0. The highest BCUT2D eigenvalue weighted by Gasteiger charge is 2.26. The summed E-state index contributed by atoms with van der Waals surface area (Å²) in [6, 6.07) is 11.0. The summed E-state index contributed by atoms with van der Waals surface area (Å²) in [5.74, 6) is 0.445. The van der Waals surface area contributed by atoms with Crippen molar-refractivity contribution in [1.29, 1.82) is 0 Å². The number of aryl methyl sites for hydroxylation is 3. The first kappa shape index (κ1) is 13.6. The number of rotatable bonds is 1. The summed E-state index contributed by atoms with van der Waals surface area (Å²) in [5, 5.41) is 0. The van der Waals surface area contributed by atoms with Crippen molar-refractivity contribution in [3.8, 4) is 0 Å². The van der Waals surface area contributed by atoms with E-state index in [1.165, 1.54) is 43.4 Å². The minimum absolute atomic E-state index is 0.445. The summed E-state index contributed by atoms with van der Waals surface area (Å²) >= 11 is 3.70. The van der Waals surface area contributed by atoms with Crippen LogP contribution in [0.4, 0.5) is 0 Å². The lowest BCUT2D eigenvalue weighted by Gasteiger charge is -2.18. The largest absolute Gasteiger partial charge is 0.0605 e. The van der Waals surface area contributed by atoms with Gasteiger partial charge in [-0.05, 0) is 60.2 Å². The van der Waals surface area contributed by atoms with Crippen LogP contribution >= 0.6 is 15.9 Å². The van der Waals surface area contributed by atoms with E-state index in [0.29, 0.717) is 5.92 Å². The molecule has 0 fully saturated rings. The van der Waals surface area contributed by atoms with Gasteiger partial charge in [-0.1, -0.05) is 58.8 Å². The summed E-state index contributed by atoms with van der Waals surface area (Å²) in [6.45, 7) is 8.92. The summed E-state index contributed by atoms with van der Waals surface area (Å²) in [6.07, 6.45) is 2.36. The van der Waals surface area contributed by atoms with Gasteiger partial charge >= 0.3 is 0 Å². The molecule has 1 aliphatic rings. The fourth-order valence-corrected chi connectivity index (χ4v) is 4.23. The third-order valence-corrected chi connectivity index (χ3v) is 4.95. The topological polar surface area (TPSA) is 0 Å². The molecule has 2 aromatic rings. The second kappa shape index (κ2) is 4.89. The van der Waals surface area contributed by atoms with Crippen LogP contribution in [0.15, 0.2) is 34.8 Å². The molecule has 2 aromatic carbocycles. The second-order valence-corrected chi connectivity index (χ2v) is 6.69. The molecular formula is C19H19Br. The minimum atomic E-state index is 0.445. The summed E-state index contributed by atoms with van der Waals surface area (Å²) in [5.41, 5.74) is 9.74. The normalized spacial score (nSPS) is 17.1. The fourth-order valence-electron chi connectivity index (χ4n) is 3.51. The predicted molar refractivity (Wildman–Crippen MR) is 91.1 cm³/mol. The fraction of sp³-hybridized carbons (Fsp3) is 0.263. The Balaban J connectivity index is 2.18. The molecule has 0 aromatic heterocycles. The maximum absolute atomic E-state index is 3.70. The van der Waals surface area contributed by atoms with E-state index >= 15 is 0 Å². The molecule has 0 bridgehead atoms.